The Morgan fingerprint density at radius 2 is 1.58 bits per heavy atom. The van der Waals surface area contributed by atoms with E-state index in [1.165, 1.54) is 38.2 Å². The van der Waals surface area contributed by atoms with E-state index in [1.807, 2.05) is 0 Å². The third-order valence-corrected chi connectivity index (χ3v) is 8.73. The highest BCUT2D eigenvalue weighted by Gasteiger charge is 2.28. The average Bonchev–Trinajstić information content (AvgIpc) is 3.62. The Labute approximate surface area is 228 Å². The van der Waals surface area contributed by atoms with Crippen molar-refractivity contribution in [1.82, 2.24) is 9.47 Å². The van der Waals surface area contributed by atoms with Gasteiger partial charge < -0.3 is 14.4 Å². The Balaban J connectivity index is 1.25. The largest absolute Gasteiger partial charge is 0.368 e. The first kappa shape index (κ1) is 24.5. The Morgan fingerprint density at radius 3 is 2.34 bits per heavy atom. The van der Waals surface area contributed by atoms with Crippen molar-refractivity contribution in [2.75, 3.05) is 31.1 Å². The van der Waals surface area contributed by atoms with Crippen molar-refractivity contribution in [3.05, 3.63) is 124 Å². The van der Waals surface area contributed by atoms with E-state index in [1.54, 1.807) is 11.3 Å². The van der Waals surface area contributed by atoms with Gasteiger partial charge in [0.25, 0.3) is 0 Å². The van der Waals surface area contributed by atoms with Crippen molar-refractivity contribution in [1.29, 1.82) is 0 Å². The summed E-state index contributed by atoms with van der Waals surface area (Å²) in [4.78, 5) is 19.5. The number of thiophene rings is 1. The van der Waals surface area contributed by atoms with Gasteiger partial charge in [-0.2, -0.15) is 0 Å². The van der Waals surface area contributed by atoms with Crippen LogP contribution < -0.4 is 4.90 Å². The normalized spacial score (nSPS) is 14.7. The summed E-state index contributed by atoms with van der Waals surface area (Å²) < 4.78 is 2.34. The minimum atomic E-state index is 0.0406. The number of carbonyl (C=O) groups excluding carboxylic acids is 1. The number of amides is 1. The third-order valence-electron chi connectivity index (χ3n) is 7.74. The lowest BCUT2D eigenvalue weighted by molar-refractivity contribution is -0.131. The van der Waals surface area contributed by atoms with Crippen LogP contribution in [-0.2, 0) is 11.3 Å². The fourth-order valence-electron chi connectivity index (χ4n) is 5.74. The Morgan fingerprint density at radius 1 is 0.842 bits per heavy atom. The van der Waals surface area contributed by atoms with E-state index in [-0.39, 0.29) is 11.8 Å². The Kier molecular flexibility index (Phi) is 7.02. The van der Waals surface area contributed by atoms with Crippen molar-refractivity contribution in [2.45, 2.75) is 25.8 Å². The minimum absolute atomic E-state index is 0.0406. The van der Waals surface area contributed by atoms with Crippen molar-refractivity contribution >= 4 is 33.8 Å². The zero-order valence-electron chi connectivity index (χ0n) is 21.8. The lowest BCUT2D eigenvalue weighted by atomic mass is 9.93. The van der Waals surface area contributed by atoms with Gasteiger partial charge in [0.1, 0.15) is 0 Å². The number of para-hydroxylation sites is 2. The van der Waals surface area contributed by atoms with Crippen LogP contribution in [0.15, 0.2) is 103 Å². The quantitative estimate of drug-likeness (QED) is 0.233. The molecule has 1 unspecified atom stereocenters. The number of rotatable bonds is 7. The molecule has 1 fully saturated rings. The highest BCUT2D eigenvalue weighted by atomic mass is 32.1. The first-order valence-corrected chi connectivity index (χ1v) is 14.3. The van der Waals surface area contributed by atoms with Crippen molar-refractivity contribution in [2.24, 2.45) is 0 Å². The van der Waals surface area contributed by atoms with Crippen LogP contribution >= 0.6 is 11.3 Å². The maximum Gasteiger partial charge on any atom is 0.223 e. The fraction of sp³-hybridized carbons (Fsp3) is 0.242. The van der Waals surface area contributed by atoms with Gasteiger partial charge in [0.05, 0.1) is 0 Å². The van der Waals surface area contributed by atoms with Gasteiger partial charge in [-0.05, 0) is 47.2 Å². The van der Waals surface area contributed by atoms with Crippen LogP contribution in [-0.4, -0.2) is 41.6 Å². The second-order valence-electron chi connectivity index (χ2n) is 10.1. The predicted molar refractivity (Wildman–Crippen MR) is 158 cm³/mol. The lowest BCUT2D eigenvalue weighted by Gasteiger charge is -2.37. The number of anilines is 1. The zero-order chi connectivity index (χ0) is 25.9. The number of hydrogen-bond donors (Lipinski definition) is 0. The molecule has 2 aromatic heterocycles. The molecular weight excluding hydrogens is 486 g/mol. The Hall–Kier alpha value is -3.83. The summed E-state index contributed by atoms with van der Waals surface area (Å²) in [5.41, 5.74) is 6.30. The lowest BCUT2D eigenvalue weighted by Crippen LogP contribution is -2.49. The first-order chi connectivity index (χ1) is 18.7. The second-order valence-corrected chi connectivity index (χ2v) is 11.1. The first-order valence-electron chi connectivity index (χ1n) is 13.4. The summed E-state index contributed by atoms with van der Waals surface area (Å²) in [5.74, 6) is 0.284. The number of piperazine rings is 1. The molecule has 38 heavy (non-hydrogen) atoms. The molecule has 5 aromatic rings. The molecule has 3 heterocycles. The van der Waals surface area contributed by atoms with Crippen LogP contribution in [0.2, 0.25) is 0 Å². The molecule has 0 spiro atoms. The van der Waals surface area contributed by atoms with Crippen LogP contribution in [0.3, 0.4) is 0 Å². The molecule has 1 aliphatic rings. The molecule has 4 nitrogen and oxygen atoms in total. The van der Waals surface area contributed by atoms with Crippen LogP contribution in [0, 0.1) is 6.92 Å². The van der Waals surface area contributed by atoms with Crippen molar-refractivity contribution in [3.8, 4) is 0 Å². The number of aryl methyl sites for hydroxylation is 1. The number of aromatic nitrogens is 1. The molecule has 0 bridgehead atoms. The van der Waals surface area contributed by atoms with Gasteiger partial charge in [-0.3, -0.25) is 4.79 Å². The number of nitrogens with zero attached hydrogens (tertiary/aromatic N) is 3. The van der Waals surface area contributed by atoms with E-state index >= 15 is 0 Å². The van der Waals surface area contributed by atoms with E-state index in [4.69, 9.17) is 0 Å². The molecule has 0 radical (unpaired) electrons. The summed E-state index contributed by atoms with van der Waals surface area (Å²) in [7, 11) is 0. The maximum atomic E-state index is 13.7. The highest BCUT2D eigenvalue weighted by Crippen LogP contribution is 2.37. The minimum Gasteiger partial charge on any atom is -0.368 e. The second kappa shape index (κ2) is 10.9. The summed E-state index contributed by atoms with van der Waals surface area (Å²) in [6.07, 6.45) is 2.77. The topological polar surface area (TPSA) is 28.5 Å². The van der Waals surface area contributed by atoms with E-state index in [0.29, 0.717) is 6.42 Å². The zero-order valence-corrected chi connectivity index (χ0v) is 22.6. The van der Waals surface area contributed by atoms with Gasteiger partial charge in [-0.25, -0.2) is 0 Å². The molecule has 1 amide bonds. The number of hydrogen-bond acceptors (Lipinski definition) is 3. The molecular formula is C33H33N3OS. The summed E-state index contributed by atoms with van der Waals surface area (Å²) in [6.45, 7) is 6.24. The van der Waals surface area contributed by atoms with E-state index in [2.05, 4.69) is 124 Å². The number of carbonyl (C=O) groups is 1. The molecule has 5 heteroatoms. The van der Waals surface area contributed by atoms with Gasteiger partial charge >= 0.3 is 0 Å². The van der Waals surface area contributed by atoms with E-state index < -0.39 is 0 Å². The van der Waals surface area contributed by atoms with Crippen molar-refractivity contribution in [3.63, 3.8) is 0 Å². The average molecular weight is 520 g/mol. The van der Waals surface area contributed by atoms with Crippen LogP contribution in [0.25, 0.3) is 10.9 Å². The molecule has 1 saturated heterocycles. The standard InChI is InChI=1S/C33H33N3OS/c1-25-10-5-7-14-30(25)34-17-19-35(20-18-34)33(37)22-28(32-16-9-21-38-32)29-24-36(23-26-11-3-2-4-12-26)31-15-8-6-13-27(29)31/h2-16,21,24,28H,17-20,22-23H2,1H3. The molecule has 0 saturated carbocycles. The molecule has 1 aliphatic heterocycles. The maximum absolute atomic E-state index is 13.7. The predicted octanol–water partition coefficient (Wildman–Crippen LogP) is 6.93. The molecule has 3 aromatic carbocycles. The van der Waals surface area contributed by atoms with Gasteiger partial charge in [0, 0.05) is 72.7 Å². The molecule has 192 valence electrons. The molecule has 1 atom stereocenters. The SMILES string of the molecule is Cc1ccccc1N1CCN(C(=O)CC(c2cccs2)c2cn(Cc3ccccc3)c3ccccc23)CC1. The third kappa shape index (κ3) is 4.99. The van der Waals surface area contributed by atoms with Gasteiger partial charge in [0.2, 0.25) is 5.91 Å². The van der Waals surface area contributed by atoms with Crippen molar-refractivity contribution < 1.29 is 4.79 Å². The summed E-state index contributed by atoms with van der Waals surface area (Å²) in [5, 5.41) is 3.36. The summed E-state index contributed by atoms with van der Waals surface area (Å²) in [6, 6.07) is 32.0. The highest BCUT2D eigenvalue weighted by molar-refractivity contribution is 7.10. The van der Waals surface area contributed by atoms with Gasteiger partial charge in [0.15, 0.2) is 0 Å². The number of fused-ring (bicyclic) bond motifs is 1. The molecule has 6 rings (SSSR count). The summed E-state index contributed by atoms with van der Waals surface area (Å²) >= 11 is 1.75. The monoisotopic (exact) mass is 519 g/mol. The molecule has 0 aliphatic carbocycles. The molecule has 0 N–H and O–H groups in total. The fourth-order valence-corrected chi connectivity index (χ4v) is 6.58. The van der Waals surface area contributed by atoms with E-state index in [9.17, 15) is 4.79 Å². The van der Waals surface area contributed by atoms with E-state index in [0.717, 1.165) is 32.7 Å². The van der Waals surface area contributed by atoms with Crippen LogP contribution in [0.5, 0.6) is 0 Å². The Bertz CT molecular complexity index is 1510. The van der Waals surface area contributed by atoms with Gasteiger partial charge in [-0.1, -0.05) is 72.8 Å². The number of benzene rings is 3. The van der Waals surface area contributed by atoms with Gasteiger partial charge in [-0.15, -0.1) is 11.3 Å². The van der Waals surface area contributed by atoms with Crippen LogP contribution in [0.4, 0.5) is 5.69 Å². The van der Waals surface area contributed by atoms with Crippen LogP contribution in [0.1, 0.15) is 33.9 Å². The smallest absolute Gasteiger partial charge is 0.223 e.